The van der Waals surface area contributed by atoms with Crippen molar-refractivity contribution in [1.82, 2.24) is 10.1 Å². The van der Waals surface area contributed by atoms with E-state index in [0.717, 1.165) is 16.7 Å². The molecule has 0 aliphatic heterocycles. The van der Waals surface area contributed by atoms with Crippen molar-refractivity contribution >= 4 is 0 Å². The lowest BCUT2D eigenvalue weighted by molar-refractivity contribution is 0.429. The van der Waals surface area contributed by atoms with Gasteiger partial charge in [0.1, 0.15) is 5.75 Å². The van der Waals surface area contributed by atoms with Crippen LogP contribution in [0, 0.1) is 13.8 Å². The Morgan fingerprint density at radius 1 is 1.11 bits per heavy atom. The maximum atomic E-state index is 9.50. The molecule has 1 N–H and O–H groups in total. The Labute approximate surface area is 109 Å². The summed E-state index contributed by atoms with van der Waals surface area (Å²) in [7, 11) is 0. The monoisotopic (exact) mass is 256 g/mol. The third-order valence-electron chi connectivity index (χ3n) is 2.93. The normalized spacial score (nSPS) is 10.8. The Kier molecular flexibility index (Phi) is 2.59. The zero-order valence-electron chi connectivity index (χ0n) is 10.5. The van der Waals surface area contributed by atoms with Gasteiger partial charge in [0.15, 0.2) is 5.76 Å². The highest BCUT2D eigenvalue weighted by molar-refractivity contribution is 5.60. The summed E-state index contributed by atoms with van der Waals surface area (Å²) >= 11 is 0. The minimum atomic E-state index is 0.241. The van der Waals surface area contributed by atoms with E-state index in [1.165, 1.54) is 0 Å². The van der Waals surface area contributed by atoms with Crippen molar-refractivity contribution in [3.05, 3.63) is 41.7 Å². The van der Waals surface area contributed by atoms with Crippen molar-refractivity contribution in [2.45, 2.75) is 13.8 Å². The lowest BCUT2D eigenvalue weighted by atomic mass is 10.1. The molecule has 3 aromatic rings. The molecule has 5 nitrogen and oxygen atoms in total. The smallest absolute Gasteiger partial charge is 0.258 e. The Balaban J connectivity index is 2.01. The number of hydrogen-bond donors (Lipinski definition) is 1. The molecule has 0 saturated heterocycles. The standard InChI is InChI=1S/C14H12N2O3/c1-8-5-6-18-12(8)13-15-14(19-16-13)10-3-4-11(17)9(2)7-10/h3-7,17H,1-2H3. The van der Waals surface area contributed by atoms with Gasteiger partial charge in [-0.25, -0.2) is 0 Å². The molecule has 0 unspecified atom stereocenters. The summed E-state index contributed by atoms with van der Waals surface area (Å²) in [6, 6.07) is 6.97. The second-order valence-corrected chi connectivity index (χ2v) is 4.36. The molecule has 0 radical (unpaired) electrons. The van der Waals surface area contributed by atoms with Crippen molar-refractivity contribution in [2.24, 2.45) is 0 Å². The van der Waals surface area contributed by atoms with Gasteiger partial charge in [0, 0.05) is 5.56 Å². The van der Waals surface area contributed by atoms with Gasteiger partial charge in [-0.3, -0.25) is 0 Å². The van der Waals surface area contributed by atoms with Crippen LogP contribution < -0.4 is 0 Å². The predicted molar refractivity (Wildman–Crippen MR) is 68.6 cm³/mol. The molecule has 2 aromatic heterocycles. The van der Waals surface area contributed by atoms with Crippen molar-refractivity contribution in [2.75, 3.05) is 0 Å². The van der Waals surface area contributed by atoms with E-state index in [1.54, 1.807) is 24.5 Å². The van der Waals surface area contributed by atoms with Crippen LogP contribution >= 0.6 is 0 Å². The van der Waals surface area contributed by atoms with Gasteiger partial charge in [-0.15, -0.1) is 0 Å². The van der Waals surface area contributed by atoms with Crippen molar-refractivity contribution < 1.29 is 14.0 Å². The summed E-state index contributed by atoms with van der Waals surface area (Å²) in [5.41, 5.74) is 2.47. The molecular weight excluding hydrogens is 244 g/mol. The summed E-state index contributed by atoms with van der Waals surface area (Å²) in [4.78, 5) is 4.30. The molecule has 1 aromatic carbocycles. The highest BCUT2D eigenvalue weighted by atomic mass is 16.5. The van der Waals surface area contributed by atoms with Gasteiger partial charge in [0.25, 0.3) is 5.89 Å². The number of furan rings is 1. The number of phenolic OH excluding ortho intramolecular Hbond substituents is 1. The first-order chi connectivity index (χ1) is 9.15. The number of nitrogens with zero attached hydrogens (tertiary/aromatic N) is 2. The molecule has 0 aliphatic carbocycles. The van der Waals surface area contributed by atoms with Gasteiger partial charge < -0.3 is 14.0 Å². The van der Waals surface area contributed by atoms with Gasteiger partial charge in [-0.2, -0.15) is 4.98 Å². The first-order valence-electron chi connectivity index (χ1n) is 5.83. The largest absolute Gasteiger partial charge is 0.508 e. The fourth-order valence-electron chi connectivity index (χ4n) is 1.82. The van der Waals surface area contributed by atoms with Crippen LogP contribution in [-0.4, -0.2) is 15.2 Å². The van der Waals surface area contributed by atoms with Crippen LogP contribution in [0.4, 0.5) is 0 Å². The Hall–Kier alpha value is -2.56. The lowest BCUT2D eigenvalue weighted by Crippen LogP contribution is -1.82. The number of aromatic hydroxyl groups is 1. The molecule has 5 heteroatoms. The summed E-state index contributed by atoms with van der Waals surface area (Å²) in [5.74, 6) is 1.66. The molecule has 2 heterocycles. The number of aryl methyl sites for hydroxylation is 2. The second kappa shape index (κ2) is 4.28. The van der Waals surface area contributed by atoms with Crippen LogP contribution in [0.15, 0.2) is 39.5 Å². The SMILES string of the molecule is Cc1cc(-c2nc(-c3occc3C)no2)ccc1O. The fraction of sp³-hybridized carbons (Fsp3) is 0.143. The van der Waals surface area contributed by atoms with Gasteiger partial charge in [0.05, 0.1) is 6.26 Å². The maximum absolute atomic E-state index is 9.50. The van der Waals surface area contributed by atoms with Crippen molar-refractivity contribution in [1.29, 1.82) is 0 Å². The molecule has 96 valence electrons. The Morgan fingerprint density at radius 2 is 1.95 bits per heavy atom. The quantitative estimate of drug-likeness (QED) is 0.761. The van der Waals surface area contributed by atoms with Crippen molar-refractivity contribution in [3.8, 4) is 28.8 Å². The second-order valence-electron chi connectivity index (χ2n) is 4.36. The first kappa shape index (κ1) is 11.5. The average molecular weight is 256 g/mol. The molecule has 0 bridgehead atoms. The number of rotatable bonds is 2. The van der Waals surface area contributed by atoms with Crippen LogP contribution in [0.1, 0.15) is 11.1 Å². The van der Waals surface area contributed by atoms with E-state index in [2.05, 4.69) is 10.1 Å². The third kappa shape index (κ3) is 1.99. The van der Waals surface area contributed by atoms with Crippen LogP contribution in [0.3, 0.4) is 0 Å². The highest BCUT2D eigenvalue weighted by Gasteiger charge is 2.15. The zero-order chi connectivity index (χ0) is 13.4. The fourth-order valence-corrected chi connectivity index (χ4v) is 1.82. The van der Waals surface area contributed by atoms with Gasteiger partial charge in [-0.05, 0) is 49.2 Å². The predicted octanol–water partition coefficient (Wildman–Crippen LogP) is 3.32. The van der Waals surface area contributed by atoms with Crippen LogP contribution in [0.2, 0.25) is 0 Å². The van der Waals surface area contributed by atoms with Crippen LogP contribution in [-0.2, 0) is 0 Å². The Morgan fingerprint density at radius 3 is 2.63 bits per heavy atom. The summed E-state index contributed by atoms with van der Waals surface area (Å²) < 4.78 is 10.5. The Bertz CT molecular complexity index is 728. The highest BCUT2D eigenvalue weighted by Crippen LogP contribution is 2.27. The summed E-state index contributed by atoms with van der Waals surface area (Å²) in [6.45, 7) is 3.73. The molecule has 0 atom stereocenters. The van der Waals surface area contributed by atoms with E-state index in [1.807, 2.05) is 19.9 Å². The topological polar surface area (TPSA) is 72.3 Å². The molecule has 0 amide bonds. The van der Waals surface area contributed by atoms with Gasteiger partial charge in [-0.1, -0.05) is 5.16 Å². The minimum Gasteiger partial charge on any atom is -0.508 e. The van der Waals surface area contributed by atoms with Crippen molar-refractivity contribution in [3.63, 3.8) is 0 Å². The van der Waals surface area contributed by atoms with Crippen LogP contribution in [0.5, 0.6) is 5.75 Å². The molecule has 3 rings (SSSR count). The van der Waals surface area contributed by atoms with E-state index in [-0.39, 0.29) is 5.75 Å². The number of benzene rings is 1. The molecule has 19 heavy (non-hydrogen) atoms. The number of hydrogen-bond acceptors (Lipinski definition) is 5. The lowest BCUT2D eigenvalue weighted by Gasteiger charge is -1.99. The molecule has 0 fully saturated rings. The van der Waals surface area contributed by atoms with Gasteiger partial charge >= 0.3 is 0 Å². The first-order valence-corrected chi connectivity index (χ1v) is 5.83. The number of phenols is 1. The van der Waals surface area contributed by atoms with E-state index in [0.29, 0.717) is 17.5 Å². The zero-order valence-corrected chi connectivity index (χ0v) is 10.5. The van der Waals surface area contributed by atoms with E-state index in [4.69, 9.17) is 8.94 Å². The third-order valence-corrected chi connectivity index (χ3v) is 2.93. The van der Waals surface area contributed by atoms with Crippen LogP contribution in [0.25, 0.3) is 23.0 Å². The average Bonchev–Trinajstić information content (AvgIpc) is 3.01. The maximum Gasteiger partial charge on any atom is 0.258 e. The summed E-state index contributed by atoms with van der Waals surface area (Å²) in [5, 5.41) is 13.4. The molecule has 0 aliphatic rings. The molecular formula is C14H12N2O3. The minimum absolute atomic E-state index is 0.241. The molecule has 0 saturated carbocycles. The summed E-state index contributed by atoms with van der Waals surface area (Å²) in [6.07, 6.45) is 1.59. The van der Waals surface area contributed by atoms with E-state index < -0.39 is 0 Å². The van der Waals surface area contributed by atoms with E-state index in [9.17, 15) is 5.11 Å². The number of aromatic nitrogens is 2. The van der Waals surface area contributed by atoms with E-state index >= 15 is 0 Å². The molecule has 0 spiro atoms. The van der Waals surface area contributed by atoms with Gasteiger partial charge in [0.2, 0.25) is 5.82 Å².